The van der Waals surface area contributed by atoms with Crippen molar-refractivity contribution in [1.29, 1.82) is 0 Å². The van der Waals surface area contributed by atoms with E-state index in [-0.39, 0.29) is 12.1 Å². The Kier molecular flexibility index (Phi) is 6.98. The van der Waals surface area contributed by atoms with Crippen molar-refractivity contribution >= 4 is 11.9 Å². The molecule has 6 heteroatoms. The Morgan fingerprint density at radius 3 is 2.12 bits per heavy atom. The summed E-state index contributed by atoms with van der Waals surface area (Å²) in [5.41, 5.74) is 4.73. The number of methoxy groups -OCH3 is 1. The fraction of sp³-hybridized carbons (Fsp3) is 0.107. The van der Waals surface area contributed by atoms with Crippen LogP contribution in [0.25, 0.3) is 22.3 Å². The number of rotatable bonds is 8. The van der Waals surface area contributed by atoms with Crippen LogP contribution in [0.15, 0.2) is 97.2 Å². The van der Waals surface area contributed by atoms with Gasteiger partial charge in [-0.2, -0.15) is 0 Å². The molecule has 170 valence electrons. The zero-order valence-corrected chi connectivity index (χ0v) is 18.6. The number of ether oxygens (including phenoxy) is 1. The van der Waals surface area contributed by atoms with Gasteiger partial charge < -0.3 is 15.2 Å². The van der Waals surface area contributed by atoms with Crippen molar-refractivity contribution in [2.24, 2.45) is 0 Å². The van der Waals surface area contributed by atoms with E-state index < -0.39 is 17.9 Å². The first kappa shape index (κ1) is 22.7. The number of pyridine rings is 1. The zero-order chi connectivity index (χ0) is 23.9. The van der Waals surface area contributed by atoms with Crippen molar-refractivity contribution < 1.29 is 19.4 Å². The van der Waals surface area contributed by atoms with Gasteiger partial charge in [-0.05, 0) is 52.1 Å². The van der Waals surface area contributed by atoms with E-state index in [9.17, 15) is 14.7 Å². The highest BCUT2D eigenvalue weighted by atomic mass is 16.5. The van der Waals surface area contributed by atoms with Gasteiger partial charge in [0.15, 0.2) is 0 Å². The normalized spacial score (nSPS) is 11.4. The van der Waals surface area contributed by atoms with Gasteiger partial charge in [-0.1, -0.05) is 66.7 Å². The number of aliphatic carboxylic acids is 1. The van der Waals surface area contributed by atoms with E-state index in [1.165, 1.54) is 0 Å². The van der Waals surface area contributed by atoms with E-state index in [4.69, 9.17) is 4.74 Å². The maximum atomic E-state index is 13.0. The summed E-state index contributed by atoms with van der Waals surface area (Å²) in [5.74, 6) is -0.698. The molecule has 0 aliphatic heterocycles. The molecule has 1 aromatic heterocycles. The van der Waals surface area contributed by atoms with Crippen molar-refractivity contribution in [3.8, 4) is 28.0 Å². The van der Waals surface area contributed by atoms with Crippen LogP contribution in [0.5, 0.6) is 5.75 Å². The number of carboxylic acids is 1. The second-order valence-corrected chi connectivity index (χ2v) is 7.77. The summed E-state index contributed by atoms with van der Waals surface area (Å²) in [7, 11) is 1.60. The molecule has 4 rings (SSSR count). The Bertz CT molecular complexity index is 1270. The molecule has 0 saturated carbocycles. The van der Waals surface area contributed by atoms with Crippen molar-refractivity contribution in [3.05, 3.63) is 108 Å². The van der Waals surface area contributed by atoms with Gasteiger partial charge in [0.25, 0.3) is 5.91 Å². The van der Waals surface area contributed by atoms with Gasteiger partial charge >= 0.3 is 5.97 Å². The lowest BCUT2D eigenvalue weighted by atomic mass is 9.99. The fourth-order valence-corrected chi connectivity index (χ4v) is 3.72. The van der Waals surface area contributed by atoms with Crippen LogP contribution in [-0.4, -0.2) is 29.1 Å². The molecule has 3 aromatic carbocycles. The Morgan fingerprint density at radius 2 is 1.47 bits per heavy atom. The third kappa shape index (κ3) is 5.48. The number of nitrogens with one attached hydrogen (secondary N) is 1. The average Bonchev–Trinajstić information content (AvgIpc) is 2.89. The Hall–Kier alpha value is -4.45. The summed E-state index contributed by atoms with van der Waals surface area (Å²) < 4.78 is 5.19. The molecule has 0 bridgehead atoms. The smallest absolute Gasteiger partial charge is 0.305 e. The monoisotopic (exact) mass is 452 g/mol. The van der Waals surface area contributed by atoms with Crippen LogP contribution in [0.1, 0.15) is 28.5 Å². The molecule has 1 amide bonds. The molecule has 0 spiro atoms. The molecule has 0 aliphatic rings. The van der Waals surface area contributed by atoms with Gasteiger partial charge in [-0.25, -0.2) is 0 Å². The average molecular weight is 453 g/mol. The standard InChI is InChI=1S/C28H24N2O4/c1-34-24-13-11-21(12-14-24)23-15-16-29-26(17-23)28(33)30-25(18-27(31)32)22-9-7-20(8-10-22)19-5-3-2-4-6-19/h2-17,25H,18H2,1H3,(H,30,33)(H,31,32). The predicted octanol–water partition coefficient (Wildman–Crippen LogP) is 5.37. The second-order valence-electron chi connectivity index (χ2n) is 7.77. The first-order valence-corrected chi connectivity index (χ1v) is 10.8. The maximum absolute atomic E-state index is 13.0. The lowest BCUT2D eigenvalue weighted by Gasteiger charge is -2.18. The van der Waals surface area contributed by atoms with E-state index in [2.05, 4.69) is 10.3 Å². The molecule has 1 unspecified atom stereocenters. The quantitative estimate of drug-likeness (QED) is 0.375. The third-order valence-electron chi connectivity index (χ3n) is 5.52. The Morgan fingerprint density at radius 1 is 0.853 bits per heavy atom. The van der Waals surface area contributed by atoms with Crippen LogP contribution < -0.4 is 10.1 Å². The van der Waals surface area contributed by atoms with Crippen molar-refractivity contribution in [2.75, 3.05) is 7.11 Å². The molecule has 1 atom stereocenters. The minimum absolute atomic E-state index is 0.213. The Labute approximate surface area is 197 Å². The van der Waals surface area contributed by atoms with E-state index in [0.29, 0.717) is 5.56 Å². The Balaban J connectivity index is 1.54. The lowest BCUT2D eigenvalue weighted by molar-refractivity contribution is -0.137. The van der Waals surface area contributed by atoms with E-state index in [0.717, 1.165) is 28.0 Å². The third-order valence-corrected chi connectivity index (χ3v) is 5.52. The van der Waals surface area contributed by atoms with Gasteiger partial charge in [0.1, 0.15) is 11.4 Å². The van der Waals surface area contributed by atoms with Crippen molar-refractivity contribution in [2.45, 2.75) is 12.5 Å². The second kappa shape index (κ2) is 10.4. The van der Waals surface area contributed by atoms with Crippen LogP contribution >= 0.6 is 0 Å². The van der Waals surface area contributed by atoms with Crippen LogP contribution in [0.4, 0.5) is 0 Å². The molecule has 1 heterocycles. The summed E-state index contributed by atoms with van der Waals surface area (Å²) in [6.45, 7) is 0. The molecule has 2 N–H and O–H groups in total. The van der Waals surface area contributed by atoms with Crippen molar-refractivity contribution in [1.82, 2.24) is 10.3 Å². The minimum Gasteiger partial charge on any atom is -0.497 e. The van der Waals surface area contributed by atoms with Gasteiger partial charge in [-0.3, -0.25) is 14.6 Å². The molecule has 34 heavy (non-hydrogen) atoms. The van der Waals surface area contributed by atoms with E-state index in [1.807, 2.05) is 84.9 Å². The summed E-state index contributed by atoms with van der Waals surface area (Å²) >= 11 is 0. The van der Waals surface area contributed by atoms with Crippen LogP contribution in [0.2, 0.25) is 0 Å². The first-order chi connectivity index (χ1) is 16.5. The molecule has 0 aliphatic carbocycles. The zero-order valence-electron chi connectivity index (χ0n) is 18.6. The van der Waals surface area contributed by atoms with Crippen LogP contribution in [0, 0.1) is 0 Å². The number of carbonyl (C=O) groups is 2. The number of nitrogens with zero attached hydrogens (tertiary/aromatic N) is 1. The summed E-state index contributed by atoms with van der Waals surface area (Å²) in [4.78, 5) is 28.7. The maximum Gasteiger partial charge on any atom is 0.305 e. The number of hydrogen-bond donors (Lipinski definition) is 2. The summed E-state index contributed by atoms with van der Waals surface area (Å²) in [6, 6.07) is 27.7. The SMILES string of the molecule is COc1ccc(-c2ccnc(C(=O)NC(CC(=O)O)c3ccc(-c4ccccc4)cc3)c2)cc1. The highest BCUT2D eigenvalue weighted by Crippen LogP contribution is 2.25. The minimum atomic E-state index is -1.00. The molecular formula is C28H24N2O4. The number of amides is 1. The van der Waals surface area contributed by atoms with E-state index >= 15 is 0 Å². The number of aromatic nitrogens is 1. The summed E-state index contributed by atoms with van der Waals surface area (Å²) in [6.07, 6.45) is 1.32. The first-order valence-electron chi connectivity index (χ1n) is 10.8. The molecule has 6 nitrogen and oxygen atoms in total. The largest absolute Gasteiger partial charge is 0.497 e. The molecule has 4 aromatic rings. The summed E-state index contributed by atoms with van der Waals surface area (Å²) in [5, 5.41) is 12.3. The van der Waals surface area contributed by atoms with Gasteiger partial charge in [0.05, 0.1) is 19.6 Å². The van der Waals surface area contributed by atoms with Crippen LogP contribution in [-0.2, 0) is 4.79 Å². The van der Waals surface area contributed by atoms with Gasteiger partial charge in [0, 0.05) is 6.20 Å². The highest BCUT2D eigenvalue weighted by molar-refractivity contribution is 5.94. The number of carboxylic acid groups (broad SMARTS) is 1. The molecule has 0 saturated heterocycles. The number of benzene rings is 3. The highest BCUT2D eigenvalue weighted by Gasteiger charge is 2.20. The molecular weight excluding hydrogens is 428 g/mol. The number of carbonyl (C=O) groups excluding carboxylic acids is 1. The fourth-order valence-electron chi connectivity index (χ4n) is 3.72. The molecule has 0 radical (unpaired) electrons. The van der Waals surface area contributed by atoms with Gasteiger partial charge in [-0.15, -0.1) is 0 Å². The predicted molar refractivity (Wildman–Crippen MR) is 131 cm³/mol. The molecule has 0 fully saturated rings. The lowest BCUT2D eigenvalue weighted by Crippen LogP contribution is -2.30. The van der Waals surface area contributed by atoms with Gasteiger partial charge in [0.2, 0.25) is 0 Å². The number of hydrogen-bond acceptors (Lipinski definition) is 4. The van der Waals surface area contributed by atoms with Crippen LogP contribution in [0.3, 0.4) is 0 Å². The topological polar surface area (TPSA) is 88.5 Å². The van der Waals surface area contributed by atoms with Crippen molar-refractivity contribution in [3.63, 3.8) is 0 Å². The van der Waals surface area contributed by atoms with E-state index in [1.54, 1.807) is 19.4 Å².